The molecule has 0 fully saturated rings. The van der Waals surface area contributed by atoms with E-state index in [0.717, 1.165) is 0 Å². The minimum Gasteiger partial charge on any atom is -0.508 e. The fraction of sp³-hybridized carbons (Fsp3) is 0.167. The molecule has 2 atom stereocenters. The van der Waals surface area contributed by atoms with Crippen molar-refractivity contribution < 1.29 is 24.5 Å². The molecular formula is C18H14O5. The first-order valence-corrected chi connectivity index (χ1v) is 7.25. The van der Waals surface area contributed by atoms with E-state index in [1.165, 1.54) is 18.2 Å². The second-order valence-electron chi connectivity index (χ2n) is 5.81. The lowest BCUT2D eigenvalue weighted by molar-refractivity contribution is -0.0948. The van der Waals surface area contributed by atoms with Crippen molar-refractivity contribution in [3.05, 3.63) is 65.4 Å². The highest BCUT2D eigenvalue weighted by Crippen LogP contribution is 2.47. The molecule has 1 aromatic heterocycles. The summed E-state index contributed by atoms with van der Waals surface area (Å²) in [7, 11) is 0. The van der Waals surface area contributed by atoms with Crippen molar-refractivity contribution in [2.45, 2.75) is 18.1 Å². The van der Waals surface area contributed by atoms with Gasteiger partial charge in [-0.25, -0.2) is 0 Å². The van der Waals surface area contributed by atoms with E-state index in [1.54, 1.807) is 30.3 Å². The zero-order chi connectivity index (χ0) is 16.2. The van der Waals surface area contributed by atoms with Crippen LogP contribution in [0.15, 0.2) is 52.9 Å². The van der Waals surface area contributed by atoms with Crippen molar-refractivity contribution in [3.63, 3.8) is 0 Å². The van der Waals surface area contributed by atoms with Crippen LogP contribution in [0.5, 0.6) is 5.75 Å². The maximum Gasteiger partial charge on any atom is 0.170 e. The molecule has 3 aromatic rings. The number of fused-ring (bicyclic) bond motifs is 3. The Kier molecular flexibility index (Phi) is 2.85. The Balaban J connectivity index is 1.94. The Labute approximate surface area is 131 Å². The van der Waals surface area contributed by atoms with E-state index in [4.69, 9.17) is 4.42 Å². The van der Waals surface area contributed by atoms with Gasteiger partial charge < -0.3 is 19.7 Å². The molecule has 3 N–H and O–H groups in total. The number of Topliss-reactive ketones (excluding diaryl/α,β-unsaturated/α-hetero) is 1. The molecule has 0 bridgehead atoms. The van der Waals surface area contributed by atoms with Crippen LogP contribution >= 0.6 is 0 Å². The Bertz CT molecular complexity index is 912. The van der Waals surface area contributed by atoms with Gasteiger partial charge in [-0.3, -0.25) is 4.79 Å². The Morgan fingerprint density at radius 1 is 1.13 bits per heavy atom. The number of phenols is 1. The van der Waals surface area contributed by atoms with E-state index < -0.39 is 11.7 Å². The molecule has 5 nitrogen and oxygen atoms in total. The number of hydrogen-bond acceptors (Lipinski definition) is 5. The number of phenolic OH excluding ortho intramolecular Hbond substituents is 1. The van der Waals surface area contributed by atoms with Crippen LogP contribution in [0.2, 0.25) is 0 Å². The maximum absolute atomic E-state index is 12.6. The molecule has 4 rings (SSSR count). The summed E-state index contributed by atoms with van der Waals surface area (Å²) in [5.74, 6) is -0.290. The molecule has 0 aliphatic heterocycles. The highest BCUT2D eigenvalue weighted by atomic mass is 16.4. The summed E-state index contributed by atoms with van der Waals surface area (Å²) in [6, 6.07) is 13.0. The predicted octanol–water partition coefficient (Wildman–Crippen LogP) is 2.65. The Morgan fingerprint density at radius 2 is 1.87 bits per heavy atom. The molecule has 1 aliphatic carbocycles. The first-order chi connectivity index (χ1) is 11.0. The van der Waals surface area contributed by atoms with E-state index in [0.29, 0.717) is 16.5 Å². The standard InChI is InChI=1S/C18H14O5/c19-11-6-7-14-12(8-11)15-13(20)9-18(22,17(21)16(15)23-14)10-4-2-1-3-5-10/h1-8,17,19,21-22H,9H2/t17-,18-/m1/s1. The number of aromatic hydroxyl groups is 1. The number of benzene rings is 2. The van der Waals surface area contributed by atoms with Crippen molar-refractivity contribution in [1.29, 1.82) is 0 Å². The van der Waals surface area contributed by atoms with Gasteiger partial charge in [0, 0.05) is 11.8 Å². The molecule has 1 heterocycles. The minimum atomic E-state index is -1.73. The van der Waals surface area contributed by atoms with Crippen LogP contribution in [0.4, 0.5) is 0 Å². The first kappa shape index (κ1) is 14.0. The van der Waals surface area contributed by atoms with Gasteiger partial charge in [0.25, 0.3) is 0 Å². The predicted molar refractivity (Wildman–Crippen MR) is 82.1 cm³/mol. The zero-order valence-electron chi connectivity index (χ0n) is 12.1. The average Bonchev–Trinajstić information content (AvgIpc) is 2.92. The number of furan rings is 1. The van der Waals surface area contributed by atoms with E-state index in [9.17, 15) is 20.1 Å². The highest BCUT2D eigenvalue weighted by molar-refractivity contribution is 6.10. The molecule has 1 aliphatic rings. The van der Waals surface area contributed by atoms with E-state index in [-0.39, 0.29) is 29.3 Å². The van der Waals surface area contributed by atoms with Gasteiger partial charge in [0.2, 0.25) is 0 Å². The van der Waals surface area contributed by atoms with Gasteiger partial charge >= 0.3 is 0 Å². The molecule has 0 radical (unpaired) electrons. The van der Waals surface area contributed by atoms with Gasteiger partial charge in [0.15, 0.2) is 5.78 Å². The summed E-state index contributed by atoms with van der Waals surface area (Å²) < 4.78 is 5.60. The van der Waals surface area contributed by atoms with Crippen LogP contribution in [-0.4, -0.2) is 21.1 Å². The maximum atomic E-state index is 12.6. The summed E-state index contributed by atoms with van der Waals surface area (Å²) >= 11 is 0. The quantitative estimate of drug-likeness (QED) is 0.643. The average molecular weight is 310 g/mol. The van der Waals surface area contributed by atoms with Gasteiger partial charge in [0.1, 0.15) is 28.8 Å². The molecular weight excluding hydrogens is 296 g/mol. The third-order valence-corrected chi connectivity index (χ3v) is 4.38. The topological polar surface area (TPSA) is 90.9 Å². The van der Waals surface area contributed by atoms with Crippen molar-refractivity contribution in [2.75, 3.05) is 0 Å². The van der Waals surface area contributed by atoms with E-state index >= 15 is 0 Å². The van der Waals surface area contributed by atoms with Crippen molar-refractivity contribution in [3.8, 4) is 5.75 Å². The molecule has 0 spiro atoms. The summed E-state index contributed by atoms with van der Waals surface area (Å²) in [4.78, 5) is 12.6. The molecule has 116 valence electrons. The normalized spacial score (nSPS) is 23.9. The zero-order valence-corrected chi connectivity index (χ0v) is 12.1. The van der Waals surface area contributed by atoms with Crippen LogP contribution in [0.3, 0.4) is 0 Å². The highest BCUT2D eigenvalue weighted by Gasteiger charge is 2.48. The second kappa shape index (κ2) is 4.68. The molecule has 0 unspecified atom stereocenters. The van der Waals surface area contributed by atoms with Gasteiger partial charge in [-0.1, -0.05) is 30.3 Å². The number of aliphatic hydroxyl groups is 2. The Morgan fingerprint density at radius 3 is 2.61 bits per heavy atom. The molecule has 2 aromatic carbocycles. The SMILES string of the molecule is O=C1C[C@@](O)(c2ccccc2)[C@H](O)c2oc3ccc(O)cc3c21. The number of rotatable bonds is 1. The summed E-state index contributed by atoms with van der Waals surface area (Å²) in [6.07, 6.45) is -1.62. The Hall–Kier alpha value is -2.63. The van der Waals surface area contributed by atoms with Crippen LogP contribution in [0, 0.1) is 0 Å². The van der Waals surface area contributed by atoms with Gasteiger partial charge in [-0.2, -0.15) is 0 Å². The molecule has 5 heteroatoms. The lowest BCUT2D eigenvalue weighted by Gasteiger charge is -2.35. The number of hydrogen-bond donors (Lipinski definition) is 3. The van der Waals surface area contributed by atoms with Crippen LogP contribution < -0.4 is 0 Å². The van der Waals surface area contributed by atoms with E-state index in [1.807, 2.05) is 0 Å². The van der Waals surface area contributed by atoms with Crippen LogP contribution in [0.25, 0.3) is 11.0 Å². The summed E-state index contributed by atoms with van der Waals surface area (Å²) in [6.45, 7) is 0. The smallest absolute Gasteiger partial charge is 0.170 e. The third kappa shape index (κ3) is 1.91. The number of ketones is 1. The number of carbonyl (C=O) groups excluding carboxylic acids is 1. The first-order valence-electron chi connectivity index (χ1n) is 7.25. The minimum absolute atomic E-state index is 0.00674. The fourth-order valence-corrected chi connectivity index (χ4v) is 3.22. The van der Waals surface area contributed by atoms with Crippen LogP contribution in [-0.2, 0) is 5.60 Å². The van der Waals surface area contributed by atoms with Gasteiger partial charge in [-0.15, -0.1) is 0 Å². The monoisotopic (exact) mass is 310 g/mol. The number of aliphatic hydroxyl groups excluding tert-OH is 1. The van der Waals surface area contributed by atoms with Crippen LogP contribution in [0.1, 0.15) is 34.2 Å². The molecule has 0 saturated heterocycles. The number of carbonyl (C=O) groups is 1. The van der Waals surface area contributed by atoms with Crippen molar-refractivity contribution in [2.24, 2.45) is 0 Å². The fourth-order valence-electron chi connectivity index (χ4n) is 3.22. The molecule has 23 heavy (non-hydrogen) atoms. The molecule has 0 amide bonds. The van der Waals surface area contributed by atoms with Crippen molar-refractivity contribution in [1.82, 2.24) is 0 Å². The summed E-state index contributed by atoms with van der Waals surface area (Å²) in [5, 5.41) is 31.7. The second-order valence-corrected chi connectivity index (χ2v) is 5.81. The van der Waals surface area contributed by atoms with Gasteiger partial charge in [0.05, 0.1) is 5.56 Å². The lowest BCUT2D eigenvalue weighted by Crippen LogP contribution is -2.40. The lowest BCUT2D eigenvalue weighted by atomic mass is 9.76. The van der Waals surface area contributed by atoms with Crippen molar-refractivity contribution >= 4 is 16.8 Å². The van der Waals surface area contributed by atoms with Gasteiger partial charge in [-0.05, 0) is 23.8 Å². The van der Waals surface area contributed by atoms with E-state index in [2.05, 4.69) is 0 Å². The largest absolute Gasteiger partial charge is 0.508 e. The molecule has 0 saturated carbocycles. The third-order valence-electron chi connectivity index (χ3n) is 4.38. The summed E-state index contributed by atoms with van der Waals surface area (Å²) in [5.41, 5.74) is -0.669.